The molecule has 1 saturated heterocycles. The number of piperidine rings is 1. The summed E-state index contributed by atoms with van der Waals surface area (Å²) in [6.45, 7) is 32.7. The van der Waals surface area contributed by atoms with E-state index < -0.39 is 34.9 Å². The third kappa shape index (κ3) is 9.85. The summed E-state index contributed by atoms with van der Waals surface area (Å²) in [7, 11) is -2.74. The molecular formula is C39H75NO6Si2. The second kappa shape index (κ2) is 15.6. The Bertz CT molecular complexity index is 1070. The first kappa shape index (κ1) is 41.9. The van der Waals surface area contributed by atoms with Crippen LogP contribution in [-0.4, -0.2) is 83.5 Å². The Morgan fingerprint density at radius 2 is 1.52 bits per heavy atom. The van der Waals surface area contributed by atoms with Gasteiger partial charge in [0.1, 0.15) is 12.9 Å². The number of likely N-dealkylation sites (tertiary alicyclic amines) is 1. The van der Waals surface area contributed by atoms with Gasteiger partial charge in [-0.1, -0.05) is 73.8 Å². The van der Waals surface area contributed by atoms with Crippen molar-refractivity contribution in [2.75, 3.05) is 27.0 Å². The van der Waals surface area contributed by atoms with Gasteiger partial charge < -0.3 is 28.3 Å². The molecule has 1 aliphatic heterocycles. The quantitative estimate of drug-likeness (QED) is 0.117. The van der Waals surface area contributed by atoms with Crippen LogP contribution in [0.25, 0.3) is 0 Å². The minimum atomic E-state index is -2.21. The molecule has 3 fully saturated rings. The Kier molecular flexibility index (Phi) is 13.6. The molecular weight excluding hydrogens is 635 g/mol. The Hall–Kier alpha value is -0.556. The summed E-state index contributed by atoms with van der Waals surface area (Å²) in [6.07, 6.45) is 9.46. The van der Waals surface area contributed by atoms with Crippen LogP contribution in [0.15, 0.2) is 11.6 Å². The van der Waals surface area contributed by atoms with Crippen LogP contribution < -0.4 is 0 Å². The van der Waals surface area contributed by atoms with E-state index in [1.807, 2.05) is 11.0 Å². The van der Waals surface area contributed by atoms with Crippen LogP contribution in [0.2, 0.25) is 36.3 Å². The van der Waals surface area contributed by atoms with Crippen LogP contribution in [-0.2, 0) is 23.1 Å². The largest absolute Gasteiger partial charge is 0.409 e. The van der Waals surface area contributed by atoms with E-state index in [0.717, 1.165) is 25.7 Å². The van der Waals surface area contributed by atoms with Crippen molar-refractivity contribution in [1.29, 1.82) is 0 Å². The summed E-state index contributed by atoms with van der Waals surface area (Å²) in [5.74, 6) is 1.82. The summed E-state index contributed by atoms with van der Waals surface area (Å²) in [5.41, 5.74) is 1.39. The number of hydrogen-bond donors (Lipinski definition) is 1. The Morgan fingerprint density at radius 1 is 0.979 bits per heavy atom. The number of ether oxygens (including phenoxy) is 2. The van der Waals surface area contributed by atoms with Gasteiger partial charge in [-0.15, -0.1) is 0 Å². The van der Waals surface area contributed by atoms with E-state index in [1.165, 1.54) is 31.3 Å². The van der Waals surface area contributed by atoms with Crippen molar-refractivity contribution in [2.45, 2.75) is 181 Å². The highest BCUT2D eigenvalue weighted by atomic mass is 28.4. The Labute approximate surface area is 297 Å². The molecule has 2 aliphatic carbocycles. The first-order chi connectivity index (χ1) is 21.8. The van der Waals surface area contributed by atoms with E-state index in [0.29, 0.717) is 37.6 Å². The van der Waals surface area contributed by atoms with Gasteiger partial charge in [-0.05, 0) is 112 Å². The summed E-state index contributed by atoms with van der Waals surface area (Å²) in [6, 6.07) is 0. The van der Waals surface area contributed by atoms with Gasteiger partial charge in [0.2, 0.25) is 5.91 Å². The van der Waals surface area contributed by atoms with Crippen molar-refractivity contribution >= 4 is 22.5 Å². The third-order valence-corrected chi connectivity index (χ3v) is 22.4. The second-order valence-corrected chi connectivity index (χ2v) is 29.1. The third-order valence-electron chi connectivity index (χ3n) is 13.4. The monoisotopic (exact) mass is 710 g/mol. The number of rotatable bonds is 13. The number of fused-ring (bicyclic) bond motifs is 1. The molecule has 7 nitrogen and oxygen atoms in total. The number of aliphatic hydroxyl groups is 1. The van der Waals surface area contributed by atoms with Gasteiger partial charge in [-0.25, -0.2) is 0 Å². The number of allylic oxidation sites excluding steroid dienone is 1. The Balaban J connectivity index is 1.79. The molecule has 0 aromatic carbocycles. The lowest BCUT2D eigenvalue weighted by Gasteiger charge is -2.49. The predicted octanol–water partition coefficient (Wildman–Crippen LogP) is 9.32. The van der Waals surface area contributed by atoms with E-state index in [1.54, 1.807) is 7.11 Å². The summed E-state index contributed by atoms with van der Waals surface area (Å²) < 4.78 is 24.7. The fourth-order valence-electron chi connectivity index (χ4n) is 8.25. The van der Waals surface area contributed by atoms with E-state index in [2.05, 4.69) is 95.4 Å². The molecule has 0 spiro atoms. The fourth-order valence-corrected chi connectivity index (χ4v) is 10.9. The maximum absolute atomic E-state index is 14.3. The molecule has 0 aromatic heterocycles. The molecule has 1 heterocycles. The summed E-state index contributed by atoms with van der Waals surface area (Å²) in [5, 5.41) is 11.7. The molecule has 6 atom stereocenters. The zero-order valence-electron chi connectivity index (χ0n) is 33.8. The summed E-state index contributed by atoms with van der Waals surface area (Å²) in [4.78, 5) is 16.2. The normalized spacial score (nSPS) is 29.8. The van der Waals surface area contributed by atoms with Gasteiger partial charge in [0.05, 0.1) is 17.8 Å². The summed E-state index contributed by atoms with van der Waals surface area (Å²) >= 11 is 0. The van der Waals surface area contributed by atoms with Gasteiger partial charge in [-0.2, -0.15) is 0 Å². The minimum absolute atomic E-state index is 0.00648. The van der Waals surface area contributed by atoms with Gasteiger partial charge in [0, 0.05) is 26.3 Å². The number of carbonyl (C=O) groups is 1. The van der Waals surface area contributed by atoms with Crippen LogP contribution in [0, 0.1) is 23.2 Å². The maximum Gasteiger partial charge on any atom is 0.246 e. The highest BCUT2D eigenvalue weighted by Gasteiger charge is 2.52. The van der Waals surface area contributed by atoms with Gasteiger partial charge in [-0.3, -0.25) is 4.79 Å². The van der Waals surface area contributed by atoms with Crippen LogP contribution in [0.4, 0.5) is 0 Å². The lowest BCUT2D eigenvalue weighted by molar-refractivity contribution is -0.141. The predicted molar refractivity (Wildman–Crippen MR) is 203 cm³/mol. The minimum Gasteiger partial charge on any atom is -0.409 e. The van der Waals surface area contributed by atoms with Gasteiger partial charge >= 0.3 is 0 Å². The van der Waals surface area contributed by atoms with Crippen LogP contribution in [0.5, 0.6) is 0 Å². The molecule has 3 rings (SSSR count). The number of carbonyl (C=O) groups excluding carboxylic acids is 1. The molecule has 48 heavy (non-hydrogen) atoms. The van der Waals surface area contributed by atoms with Crippen LogP contribution >= 0.6 is 0 Å². The van der Waals surface area contributed by atoms with Crippen molar-refractivity contribution < 1.29 is 28.2 Å². The van der Waals surface area contributed by atoms with Crippen molar-refractivity contribution in [1.82, 2.24) is 4.90 Å². The molecule has 9 heteroatoms. The van der Waals surface area contributed by atoms with E-state index in [4.69, 9.17) is 18.3 Å². The van der Waals surface area contributed by atoms with E-state index in [-0.39, 0.29) is 27.0 Å². The number of nitrogens with zero attached hydrogens (tertiary/aromatic N) is 1. The average molecular weight is 710 g/mol. The number of aliphatic hydroxyl groups excluding tert-OH is 1. The molecule has 2 saturated carbocycles. The number of amides is 1. The van der Waals surface area contributed by atoms with E-state index in [9.17, 15) is 9.90 Å². The highest BCUT2D eigenvalue weighted by Crippen LogP contribution is 2.60. The van der Waals surface area contributed by atoms with Crippen LogP contribution in [0.3, 0.4) is 0 Å². The zero-order valence-corrected chi connectivity index (χ0v) is 35.8. The highest BCUT2D eigenvalue weighted by molar-refractivity contribution is 6.74. The Morgan fingerprint density at radius 3 is 2.02 bits per heavy atom. The zero-order chi connectivity index (χ0) is 36.5. The lowest BCUT2D eigenvalue weighted by atomic mass is 9.60. The number of hydrogen-bond acceptors (Lipinski definition) is 6. The van der Waals surface area contributed by atoms with E-state index >= 15 is 0 Å². The average Bonchev–Trinajstić information content (AvgIpc) is 3.30. The van der Waals surface area contributed by atoms with Crippen molar-refractivity contribution in [3.05, 3.63) is 11.6 Å². The van der Waals surface area contributed by atoms with Crippen LogP contribution in [0.1, 0.15) is 121 Å². The topological polar surface area (TPSA) is 77.5 Å². The molecule has 280 valence electrons. The van der Waals surface area contributed by atoms with Gasteiger partial charge in [0.25, 0.3) is 0 Å². The first-order valence-electron chi connectivity index (χ1n) is 19.0. The molecule has 0 unspecified atom stereocenters. The molecule has 1 amide bonds. The van der Waals surface area contributed by atoms with Crippen molar-refractivity contribution in [3.63, 3.8) is 0 Å². The smallest absolute Gasteiger partial charge is 0.246 e. The second-order valence-electron chi connectivity index (χ2n) is 19.6. The molecule has 0 radical (unpaired) electrons. The van der Waals surface area contributed by atoms with Crippen molar-refractivity contribution in [2.24, 2.45) is 23.2 Å². The van der Waals surface area contributed by atoms with Gasteiger partial charge in [0.15, 0.2) is 16.6 Å². The number of methoxy groups -OCH3 is 1. The molecule has 0 bridgehead atoms. The SMILES string of the molecule is COCOC(C)(C)CCC[C@@H](C)[C@H]1CC[C@H]2/C(=C\C(=O)N3C[C@@H](O[Si](C)(C)C(C)(C)C)C(O)[C@H](O[Si](C)(C)C(C)(C)C)C3)CCC[C@]12C. The first-order valence-corrected chi connectivity index (χ1v) is 24.8. The molecule has 0 aromatic rings. The van der Waals surface area contributed by atoms with Crippen molar-refractivity contribution in [3.8, 4) is 0 Å². The standard InChI is InChI=1S/C39H75NO6Si2/c1-28(18-16-22-38(8,9)44-27-43-11)30-20-21-31-29(19-17-23-39(30,31)10)24-34(41)40-25-32(45-47(12,13)36(2,3)4)35(42)33(26-40)46-48(14,15)37(5,6)7/h24,28,30-33,35,42H,16-23,25-27H2,1-15H3/b29-24-/t28-,30-,31+,32-,33-,39-/m1/s1. The molecule has 3 aliphatic rings. The fraction of sp³-hybridized carbons (Fsp3) is 0.923. The maximum atomic E-state index is 14.3. The lowest BCUT2D eigenvalue weighted by Crippen LogP contribution is -2.63. The molecule has 1 N–H and O–H groups in total.